The van der Waals surface area contributed by atoms with E-state index in [2.05, 4.69) is 10.6 Å². The van der Waals surface area contributed by atoms with E-state index in [4.69, 9.17) is 23.2 Å². The van der Waals surface area contributed by atoms with Crippen LogP contribution in [0.3, 0.4) is 0 Å². The van der Waals surface area contributed by atoms with Crippen molar-refractivity contribution in [3.05, 3.63) is 90.0 Å². The van der Waals surface area contributed by atoms with E-state index in [0.717, 1.165) is 31.0 Å². The lowest BCUT2D eigenvalue weighted by atomic mass is 10.0. The second kappa shape index (κ2) is 13.2. The molecule has 3 rings (SSSR count). The van der Waals surface area contributed by atoms with Gasteiger partial charge in [-0.3, -0.25) is 34.6 Å². The van der Waals surface area contributed by atoms with Crippen LogP contribution in [0, 0.1) is 20.2 Å². The van der Waals surface area contributed by atoms with E-state index in [9.17, 15) is 34.6 Å². The van der Waals surface area contributed by atoms with Gasteiger partial charge in [0.2, 0.25) is 11.8 Å². The summed E-state index contributed by atoms with van der Waals surface area (Å²) in [5.41, 5.74) is -0.838. The number of amides is 3. The van der Waals surface area contributed by atoms with Crippen molar-refractivity contribution in [2.24, 2.45) is 0 Å². The van der Waals surface area contributed by atoms with Crippen molar-refractivity contribution in [1.29, 1.82) is 0 Å². The van der Waals surface area contributed by atoms with Crippen LogP contribution in [0.2, 0.25) is 10.0 Å². The van der Waals surface area contributed by atoms with Gasteiger partial charge in [0.15, 0.2) is 0 Å². The van der Waals surface area contributed by atoms with Gasteiger partial charge in [-0.25, -0.2) is 0 Å². The summed E-state index contributed by atoms with van der Waals surface area (Å²) in [7, 11) is 1.40. The fraction of sp³-hybridized carbons (Fsp3) is 0.320. The number of likely N-dealkylation sites (N-methyl/N-ethyl adjacent to an activating group) is 1. The number of nitrogens with zero attached hydrogens (tertiary/aromatic N) is 3. The quantitative estimate of drug-likeness (QED) is 0.259. The summed E-state index contributed by atoms with van der Waals surface area (Å²) in [5, 5.41) is 28.6. The van der Waals surface area contributed by atoms with Gasteiger partial charge in [-0.2, -0.15) is 0 Å². The minimum absolute atomic E-state index is 0.157. The fourth-order valence-corrected chi connectivity index (χ4v) is 4.34. The molecule has 0 aliphatic carbocycles. The molecule has 2 aromatic rings. The Hall–Kier alpha value is -4.03. The predicted molar refractivity (Wildman–Crippen MR) is 144 cm³/mol. The highest BCUT2D eigenvalue weighted by molar-refractivity contribution is 6.42. The Kier molecular flexibility index (Phi) is 9.96. The van der Waals surface area contributed by atoms with Crippen LogP contribution >= 0.6 is 23.2 Å². The highest BCUT2D eigenvalue weighted by Gasteiger charge is 2.26. The lowest BCUT2D eigenvalue weighted by molar-refractivity contribution is -0.394. The number of carbonyl (C=O) groups is 3. The van der Waals surface area contributed by atoms with Crippen molar-refractivity contribution in [3.8, 4) is 0 Å². The first-order valence-electron chi connectivity index (χ1n) is 11.9. The number of benzene rings is 2. The van der Waals surface area contributed by atoms with Crippen LogP contribution < -0.4 is 10.6 Å². The molecule has 0 bridgehead atoms. The van der Waals surface area contributed by atoms with Gasteiger partial charge in [0.25, 0.3) is 17.3 Å². The lowest BCUT2D eigenvalue weighted by Crippen LogP contribution is -2.45. The van der Waals surface area contributed by atoms with Crippen molar-refractivity contribution in [2.45, 2.75) is 37.8 Å². The van der Waals surface area contributed by atoms with Crippen molar-refractivity contribution >= 4 is 52.3 Å². The maximum absolute atomic E-state index is 13.3. The summed E-state index contributed by atoms with van der Waals surface area (Å²) in [4.78, 5) is 60.3. The Balaban J connectivity index is 1.90. The summed E-state index contributed by atoms with van der Waals surface area (Å²) in [6.07, 6.45) is 4.85. The molecule has 1 aliphatic heterocycles. The van der Waals surface area contributed by atoms with Crippen molar-refractivity contribution in [3.63, 3.8) is 0 Å². The molecule has 1 heterocycles. The zero-order chi connectivity index (χ0) is 28.7. The normalized spacial score (nSPS) is 16.2. The van der Waals surface area contributed by atoms with Crippen LogP contribution in [0.25, 0.3) is 0 Å². The minimum Gasteiger partial charge on any atom is -0.354 e. The molecule has 206 valence electrons. The first-order valence-corrected chi connectivity index (χ1v) is 12.6. The molecular formula is C25H25Cl2N5O7. The van der Waals surface area contributed by atoms with Gasteiger partial charge < -0.3 is 15.5 Å². The highest BCUT2D eigenvalue weighted by atomic mass is 35.5. The van der Waals surface area contributed by atoms with E-state index in [-0.39, 0.29) is 22.9 Å². The summed E-state index contributed by atoms with van der Waals surface area (Å²) < 4.78 is 0. The number of rotatable bonds is 9. The zero-order valence-electron chi connectivity index (χ0n) is 20.8. The summed E-state index contributed by atoms with van der Waals surface area (Å²) in [5.74, 6) is -1.58. The fourth-order valence-electron chi connectivity index (χ4n) is 4.02. The standard InChI is InChI=1S/C25H25Cl2N5O7/c1-30(25(35)16-12-18(31(36)37)14-19(13-16)32(38)39)17(10-15-5-7-20(26)21(27)11-15)6-8-23(33)29-22-4-2-3-9-28-24(22)34/h5-8,11-14,17,22H,2-4,9-10H2,1H3,(H,28,34)(H,29,33)/b8-6+/t17-,22?/m0/s1. The Labute approximate surface area is 233 Å². The minimum atomic E-state index is -0.829. The van der Waals surface area contributed by atoms with E-state index in [1.54, 1.807) is 18.2 Å². The van der Waals surface area contributed by atoms with Crippen LogP contribution in [0.1, 0.15) is 35.2 Å². The van der Waals surface area contributed by atoms with Gasteiger partial charge in [0, 0.05) is 31.8 Å². The topological polar surface area (TPSA) is 165 Å². The number of nitro benzene ring substituents is 2. The van der Waals surface area contributed by atoms with Gasteiger partial charge in [-0.15, -0.1) is 0 Å². The van der Waals surface area contributed by atoms with Crippen LogP contribution in [0.4, 0.5) is 11.4 Å². The summed E-state index contributed by atoms with van der Waals surface area (Å²) >= 11 is 12.1. The van der Waals surface area contributed by atoms with Crippen molar-refractivity contribution in [1.82, 2.24) is 15.5 Å². The summed E-state index contributed by atoms with van der Waals surface area (Å²) in [6, 6.07) is 6.02. The first kappa shape index (κ1) is 29.5. The number of hydrogen-bond acceptors (Lipinski definition) is 7. The van der Waals surface area contributed by atoms with Crippen LogP contribution in [-0.4, -0.2) is 58.1 Å². The molecule has 1 fully saturated rings. The Morgan fingerprint density at radius 2 is 1.77 bits per heavy atom. The van der Waals surface area contributed by atoms with Gasteiger partial charge >= 0.3 is 0 Å². The Morgan fingerprint density at radius 3 is 2.38 bits per heavy atom. The maximum Gasteiger partial charge on any atom is 0.277 e. The number of nitrogens with one attached hydrogen (secondary N) is 2. The molecule has 0 spiro atoms. The molecule has 39 heavy (non-hydrogen) atoms. The van der Waals surface area contributed by atoms with E-state index in [0.29, 0.717) is 23.6 Å². The third-order valence-electron chi connectivity index (χ3n) is 6.14. The van der Waals surface area contributed by atoms with E-state index >= 15 is 0 Å². The molecule has 2 aromatic carbocycles. The maximum atomic E-state index is 13.3. The zero-order valence-corrected chi connectivity index (χ0v) is 22.3. The largest absolute Gasteiger partial charge is 0.354 e. The van der Waals surface area contributed by atoms with E-state index < -0.39 is 45.1 Å². The second-order valence-electron chi connectivity index (χ2n) is 8.90. The van der Waals surface area contributed by atoms with Gasteiger partial charge in [0.05, 0.1) is 37.6 Å². The lowest BCUT2D eigenvalue weighted by Gasteiger charge is -2.26. The molecule has 14 heteroatoms. The molecule has 1 saturated heterocycles. The van der Waals surface area contributed by atoms with Gasteiger partial charge in [-0.05, 0) is 43.4 Å². The smallest absolute Gasteiger partial charge is 0.277 e. The molecule has 0 radical (unpaired) electrons. The van der Waals surface area contributed by atoms with Crippen LogP contribution in [-0.2, 0) is 16.0 Å². The highest BCUT2D eigenvalue weighted by Crippen LogP contribution is 2.26. The predicted octanol–water partition coefficient (Wildman–Crippen LogP) is 3.83. The number of nitro groups is 2. The van der Waals surface area contributed by atoms with Crippen molar-refractivity contribution in [2.75, 3.05) is 13.6 Å². The Bertz CT molecular complexity index is 1300. The average Bonchev–Trinajstić information content (AvgIpc) is 3.10. The molecule has 1 unspecified atom stereocenters. The molecular weight excluding hydrogens is 553 g/mol. The van der Waals surface area contributed by atoms with E-state index in [1.165, 1.54) is 24.1 Å². The van der Waals surface area contributed by atoms with Gasteiger partial charge in [-0.1, -0.05) is 35.3 Å². The number of non-ortho nitro benzene ring substituents is 2. The molecule has 2 atom stereocenters. The van der Waals surface area contributed by atoms with Crippen molar-refractivity contribution < 1.29 is 24.2 Å². The molecule has 2 N–H and O–H groups in total. The summed E-state index contributed by atoms with van der Waals surface area (Å²) in [6.45, 7) is 0.537. The van der Waals surface area contributed by atoms with Gasteiger partial charge in [0.1, 0.15) is 6.04 Å². The Morgan fingerprint density at radius 1 is 1.10 bits per heavy atom. The molecule has 0 saturated carbocycles. The number of carbonyl (C=O) groups excluding carboxylic acids is 3. The number of hydrogen-bond donors (Lipinski definition) is 2. The molecule has 3 amide bonds. The first-order chi connectivity index (χ1) is 18.5. The molecule has 0 aromatic heterocycles. The average molecular weight is 578 g/mol. The third kappa shape index (κ3) is 7.98. The third-order valence-corrected chi connectivity index (χ3v) is 6.88. The van der Waals surface area contributed by atoms with E-state index in [1.807, 2.05) is 0 Å². The van der Waals surface area contributed by atoms with Crippen LogP contribution in [0.15, 0.2) is 48.6 Å². The SMILES string of the molecule is CN(C(=O)c1cc([N+](=O)[O-])cc([N+](=O)[O-])c1)[C@@H](/C=C/C(=O)NC1CCCCNC1=O)Cc1ccc(Cl)c(Cl)c1. The molecule has 12 nitrogen and oxygen atoms in total. The number of halogens is 2. The van der Waals surface area contributed by atoms with Crippen LogP contribution in [0.5, 0.6) is 0 Å². The monoisotopic (exact) mass is 577 g/mol. The molecule has 1 aliphatic rings. The second-order valence-corrected chi connectivity index (χ2v) is 9.71.